The van der Waals surface area contributed by atoms with Crippen LogP contribution in [0.1, 0.15) is 173 Å². The maximum atomic E-state index is 14.2. The van der Waals surface area contributed by atoms with E-state index in [-0.39, 0.29) is 73.8 Å². The molecule has 7 amide bonds. The van der Waals surface area contributed by atoms with E-state index >= 15 is 0 Å². The molecule has 26 nitrogen and oxygen atoms in total. The van der Waals surface area contributed by atoms with E-state index in [9.17, 15) is 38.4 Å². The number of ether oxygens (including phenoxy) is 1. The second-order valence-corrected chi connectivity index (χ2v) is 28.5. The third-order valence-electron chi connectivity index (χ3n) is 17.6. The van der Waals surface area contributed by atoms with Crippen LogP contribution < -0.4 is 10.6 Å². The number of hydrogen-bond acceptors (Lipinski definition) is 15. The van der Waals surface area contributed by atoms with Crippen molar-refractivity contribution in [2.75, 3.05) is 46.3 Å². The number of aromatic nitrogens is 9. The Kier molecular flexibility index (Phi) is 27.9. The molecule has 0 bridgehead atoms. The molecule has 544 valence electrons. The fourth-order valence-corrected chi connectivity index (χ4v) is 11.7. The van der Waals surface area contributed by atoms with Crippen LogP contribution in [0, 0.1) is 16.7 Å². The third-order valence-corrected chi connectivity index (χ3v) is 17.6. The Morgan fingerprint density at radius 1 is 0.564 bits per heavy atom. The fourth-order valence-electron chi connectivity index (χ4n) is 11.7. The van der Waals surface area contributed by atoms with Crippen LogP contribution in [0.4, 0.5) is 4.79 Å². The van der Waals surface area contributed by atoms with Gasteiger partial charge in [-0.15, -0.1) is 0 Å². The van der Waals surface area contributed by atoms with Gasteiger partial charge in [-0.2, -0.15) is 0 Å². The predicted octanol–water partition coefficient (Wildman–Crippen LogP) is 9.87. The maximum Gasteiger partial charge on any atom is 0.410 e. The van der Waals surface area contributed by atoms with Crippen LogP contribution in [0.15, 0.2) is 135 Å². The number of carbonyl (C=O) groups is 8. The molecular weight excluding hydrogens is 1280 g/mol. The van der Waals surface area contributed by atoms with Gasteiger partial charge < -0.3 is 40.1 Å². The Bertz CT molecular complexity index is 3980. The lowest BCUT2D eigenvalue weighted by Crippen LogP contribution is -2.59. The number of imidazole rings is 3. The van der Waals surface area contributed by atoms with Crippen LogP contribution in [0.2, 0.25) is 0 Å². The topological polar surface area (TPSA) is 297 Å². The van der Waals surface area contributed by atoms with Gasteiger partial charge in [0.15, 0.2) is 5.69 Å². The van der Waals surface area contributed by atoms with Crippen molar-refractivity contribution in [1.82, 2.24) is 78.2 Å². The van der Waals surface area contributed by atoms with E-state index < -0.39 is 52.5 Å². The molecule has 6 aromatic heterocycles. The van der Waals surface area contributed by atoms with Gasteiger partial charge >= 0.3 is 12.1 Å². The molecule has 0 unspecified atom stereocenters. The van der Waals surface area contributed by atoms with Crippen LogP contribution in [0.5, 0.6) is 0 Å². The number of carbonyl (C=O) groups excluding carboxylic acids is 7. The van der Waals surface area contributed by atoms with Gasteiger partial charge in [0, 0.05) is 120 Å². The standard InChI is InChI=1S/C35H49N7O5.C31H42N6O3.C7H5N3O2.2CH4/c1-24(39(8)33(46)47-35(5,6)7)29(43)38-28(34(2,3)4)31(45)42-20-12-16-26(42)22-40(21-17-25-14-10-9-11-15-25)30(44)27-23-41-19-13-18-36-32(41)37-27;1-6-22(2)27(38)34-26(31(3,4)5)29(40)37-18-10-14-24(37)20-35(19-15-23-12-8-7-9-13-23)28(39)25-21-36-17-11-16-32-30(36)33-25;11-6(12)5-4-10-3-1-2-8-7(10)9-5;;/h9-11,13-15,18-19,23-24,26,28H,12,16-17,20-22H2,1-8H3,(H,38,43);7-9,11-13,16-17,21-22,24,26H,6,10,14-15,18-20H2,1-5H3,(H,34,38);1-4H,(H,11,12);2*1H4/t24-,26-,28+;22-,24+,26-;;;/m01.../s1. The van der Waals surface area contributed by atoms with Crippen molar-refractivity contribution in [2.45, 2.75) is 179 Å². The van der Waals surface area contributed by atoms with E-state index in [1.54, 1.807) is 112 Å². The number of nitrogens with one attached hydrogen (secondary N) is 2. The zero-order chi connectivity index (χ0) is 71.9. The smallest absolute Gasteiger partial charge is 0.410 e. The van der Waals surface area contributed by atoms with E-state index in [1.807, 2.05) is 120 Å². The van der Waals surface area contributed by atoms with Crippen molar-refractivity contribution < 1.29 is 48.2 Å². The Morgan fingerprint density at radius 2 is 0.941 bits per heavy atom. The number of aromatic carboxylic acids is 1. The van der Waals surface area contributed by atoms with Crippen LogP contribution in [0.25, 0.3) is 17.3 Å². The van der Waals surface area contributed by atoms with Crippen LogP contribution in [0.3, 0.4) is 0 Å². The largest absolute Gasteiger partial charge is 0.476 e. The van der Waals surface area contributed by atoms with Gasteiger partial charge in [0.2, 0.25) is 41.0 Å². The minimum absolute atomic E-state index is 0. The highest BCUT2D eigenvalue weighted by Gasteiger charge is 2.44. The highest BCUT2D eigenvalue weighted by molar-refractivity contribution is 5.95. The first kappa shape index (κ1) is 79.8. The first-order valence-corrected chi connectivity index (χ1v) is 33.9. The molecule has 101 heavy (non-hydrogen) atoms. The summed E-state index contributed by atoms with van der Waals surface area (Å²) in [4.78, 5) is 139. The van der Waals surface area contributed by atoms with Gasteiger partial charge in [-0.1, -0.05) is 131 Å². The Balaban J connectivity index is 0.000000269. The summed E-state index contributed by atoms with van der Waals surface area (Å²) in [5.74, 6) is -1.18. The highest BCUT2D eigenvalue weighted by atomic mass is 16.6. The summed E-state index contributed by atoms with van der Waals surface area (Å²) < 4.78 is 10.4. The van der Waals surface area contributed by atoms with Crippen LogP contribution in [-0.4, -0.2) is 202 Å². The number of likely N-dealkylation sites (N-methyl/N-ethyl adjacent to an activating group) is 1. The van der Waals surface area contributed by atoms with Gasteiger partial charge in [0.05, 0.1) is 0 Å². The van der Waals surface area contributed by atoms with Crippen molar-refractivity contribution in [1.29, 1.82) is 0 Å². The SMILES string of the molecule is C.C.CC[C@@H](C)C(=O)N[C@H](C(=O)N1CCC[C@H]1CN(CCc1ccccc1)C(=O)c1cn2cccnc2n1)C(C)(C)C.C[C@@H](C(=O)N[C@H](C(=O)N1CCC[C@H]1CN(CCc1ccccc1)C(=O)c1cn2cccnc2n1)C(C)(C)C)N(C)C(=O)OC(C)(C)C.O=C(O)c1cn2cccnc2n1. The van der Waals surface area contributed by atoms with Gasteiger partial charge in [0.25, 0.3) is 11.8 Å². The number of rotatable bonds is 21. The summed E-state index contributed by atoms with van der Waals surface area (Å²) in [6.45, 7) is 25.1. The molecule has 3 N–H and O–H groups in total. The summed E-state index contributed by atoms with van der Waals surface area (Å²) in [5, 5.41) is 14.6. The second-order valence-electron chi connectivity index (χ2n) is 28.5. The van der Waals surface area contributed by atoms with Crippen LogP contribution >= 0.6 is 0 Å². The minimum atomic E-state index is -1.04. The number of carboxylic acid groups (broad SMARTS) is 1. The number of amides is 7. The molecule has 6 atom stereocenters. The van der Waals surface area contributed by atoms with Gasteiger partial charge in [-0.3, -0.25) is 46.9 Å². The van der Waals surface area contributed by atoms with Gasteiger partial charge in [-0.25, -0.2) is 39.5 Å². The zero-order valence-electron chi connectivity index (χ0n) is 59.2. The molecule has 0 aliphatic carbocycles. The summed E-state index contributed by atoms with van der Waals surface area (Å²) in [7, 11) is 1.50. The molecule has 2 aliphatic heterocycles. The van der Waals surface area contributed by atoms with Crippen molar-refractivity contribution in [3.05, 3.63) is 163 Å². The van der Waals surface area contributed by atoms with E-state index in [2.05, 4.69) is 52.7 Å². The fraction of sp³-hybridized carbons (Fsp3) is 0.493. The summed E-state index contributed by atoms with van der Waals surface area (Å²) in [6, 6.07) is 22.5. The highest BCUT2D eigenvalue weighted by Crippen LogP contribution is 2.30. The van der Waals surface area contributed by atoms with Gasteiger partial charge in [0.1, 0.15) is 35.1 Å². The number of hydrogen-bond donors (Lipinski definition) is 3. The number of likely N-dealkylation sites (tertiary alicyclic amines) is 2. The quantitative estimate of drug-likeness (QED) is 0.0603. The Labute approximate surface area is 593 Å². The van der Waals surface area contributed by atoms with E-state index in [1.165, 1.54) is 18.1 Å². The van der Waals surface area contributed by atoms with Crippen molar-refractivity contribution in [3.63, 3.8) is 0 Å². The average molecular weight is 1390 g/mol. The molecule has 2 fully saturated rings. The lowest BCUT2D eigenvalue weighted by atomic mass is 9.85. The molecule has 0 spiro atoms. The molecule has 2 aromatic carbocycles. The molecule has 8 aromatic rings. The first-order valence-electron chi connectivity index (χ1n) is 33.9. The third kappa shape index (κ3) is 21.4. The number of nitrogens with zero attached hydrogens (tertiary/aromatic N) is 14. The normalized spacial score (nSPS) is 15.6. The monoisotopic (exact) mass is 1390 g/mol. The van der Waals surface area contributed by atoms with Crippen molar-refractivity contribution in [2.24, 2.45) is 16.7 Å². The second kappa shape index (κ2) is 35.3. The number of carboxylic acids is 1. The molecular formula is C75H104N16O10. The summed E-state index contributed by atoms with van der Waals surface area (Å²) >= 11 is 0. The lowest BCUT2D eigenvalue weighted by molar-refractivity contribution is -0.141. The number of benzene rings is 2. The molecule has 2 saturated heterocycles. The predicted molar refractivity (Wildman–Crippen MR) is 387 cm³/mol. The lowest BCUT2D eigenvalue weighted by Gasteiger charge is -2.38. The van der Waals surface area contributed by atoms with E-state index in [0.717, 1.165) is 36.8 Å². The molecule has 2 aliphatic rings. The number of fused-ring (bicyclic) bond motifs is 3. The van der Waals surface area contributed by atoms with E-state index in [0.29, 0.717) is 81.6 Å². The van der Waals surface area contributed by atoms with Crippen molar-refractivity contribution in [3.8, 4) is 0 Å². The molecule has 8 heterocycles. The zero-order valence-corrected chi connectivity index (χ0v) is 59.2. The first-order chi connectivity index (χ1) is 46.9. The molecule has 0 saturated carbocycles. The Morgan fingerprint density at radius 3 is 1.30 bits per heavy atom. The van der Waals surface area contributed by atoms with E-state index in [4.69, 9.17) is 9.84 Å². The Hall–Kier alpha value is -10.1. The molecule has 10 rings (SSSR count). The van der Waals surface area contributed by atoms with Crippen molar-refractivity contribution >= 4 is 64.8 Å². The summed E-state index contributed by atoms with van der Waals surface area (Å²) in [5.41, 5.74) is 1.06. The summed E-state index contributed by atoms with van der Waals surface area (Å²) in [6.07, 6.45) is 19.5. The minimum Gasteiger partial charge on any atom is -0.476 e. The molecule has 26 heteroatoms. The van der Waals surface area contributed by atoms with Crippen LogP contribution in [-0.2, 0) is 36.8 Å². The van der Waals surface area contributed by atoms with Gasteiger partial charge in [-0.05, 0) is 113 Å². The maximum absolute atomic E-state index is 14.2. The molecule has 0 radical (unpaired) electrons. The average Bonchev–Trinajstić information content (AvgIpc) is 1.78.